The number of nitrogens with one attached hydrogen (secondary N) is 1. The van der Waals surface area contributed by atoms with Crippen molar-refractivity contribution >= 4 is 37.6 Å². The third-order valence-corrected chi connectivity index (χ3v) is 7.53. The smallest absolute Gasteiger partial charge is 0.242 e. The summed E-state index contributed by atoms with van der Waals surface area (Å²) >= 11 is 5.84. The largest absolute Gasteiger partial charge is 0.351 e. The molecule has 2 aromatic carbocycles. The number of nitrogens with zero attached hydrogens (tertiary/aromatic N) is 2. The Labute approximate surface area is 182 Å². The van der Waals surface area contributed by atoms with Gasteiger partial charge in [0.2, 0.25) is 26.0 Å². The Hall–Kier alpha value is -1.98. The number of hydrogen-bond acceptors (Lipinski definition) is 5. The molecule has 164 valence electrons. The van der Waals surface area contributed by atoms with Crippen LogP contribution in [0.15, 0.2) is 53.4 Å². The maximum absolute atomic E-state index is 12.3. The molecule has 8 nitrogen and oxygen atoms in total. The number of carbonyl (C=O) groups excluding carboxylic acids is 1. The van der Waals surface area contributed by atoms with E-state index in [-0.39, 0.29) is 24.5 Å². The van der Waals surface area contributed by atoms with E-state index < -0.39 is 26.0 Å². The molecule has 0 aromatic heterocycles. The maximum atomic E-state index is 12.3. The lowest BCUT2D eigenvalue weighted by Gasteiger charge is -2.19. The van der Waals surface area contributed by atoms with E-state index >= 15 is 0 Å². The first-order valence-electron chi connectivity index (χ1n) is 8.87. The highest BCUT2D eigenvalue weighted by Crippen LogP contribution is 2.15. The van der Waals surface area contributed by atoms with Gasteiger partial charge in [-0.15, -0.1) is 0 Å². The van der Waals surface area contributed by atoms with Gasteiger partial charge in [0.05, 0.1) is 17.7 Å². The zero-order chi connectivity index (χ0) is 22.5. The summed E-state index contributed by atoms with van der Waals surface area (Å²) in [4.78, 5) is 12.4. The van der Waals surface area contributed by atoms with Gasteiger partial charge in [-0.2, -0.15) is 4.31 Å². The predicted molar refractivity (Wildman–Crippen MR) is 116 cm³/mol. The molecule has 0 spiro atoms. The number of amides is 1. The summed E-state index contributed by atoms with van der Waals surface area (Å²) < 4.78 is 50.5. The monoisotopic (exact) mass is 473 g/mol. The van der Waals surface area contributed by atoms with Crippen molar-refractivity contribution in [2.24, 2.45) is 0 Å². The molecule has 0 radical (unpaired) electrons. The number of benzene rings is 2. The van der Waals surface area contributed by atoms with Crippen LogP contribution in [0.5, 0.6) is 0 Å². The molecule has 0 saturated heterocycles. The van der Waals surface area contributed by atoms with Gasteiger partial charge in [-0.05, 0) is 35.4 Å². The minimum Gasteiger partial charge on any atom is -0.351 e. The second-order valence-electron chi connectivity index (χ2n) is 6.87. The van der Waals surface area contributed by atoms with Crippen molar-refractivity contribution < 1.29 is 21.6 Å². The van der Waals surface area contributed by atoms with Crippen molar-refractivity contribution in [3.63, 3.8) is 0 Å². The molecule has 0 aliphatic rings. The molecule has 0 heterocycles. The van der Waals surface area contributed by atoms with Crippen molar-refractivity contribution in [3.8, 4) is 0 Å². The molecular formula is C19H24ClN3O5S2. The first kappa shape index (κ1) is 24.3. The fourth-order valence-corrected chi connectivity index (χ4v) is 4.25. The van der Waals surface area contributed by atoms with Crippen LogP contribution in [-0.2, 0) is 37.9 Å². The highest BCUT2D eigenvalue weighted by Gasteiger charge is 2.21. The lowest BCUT2D eigenvalue weighted by atomic mass is 10.2. The number of carbonyl (C=O) groups is 1. The molecule has 0 fully saturated rings. The zero-order valence-corrected chi connectivity index (χ0v) is 19.3. The molecule has 0 saturated carbocycles. The lowest BCUT2D eigenvalue weighted by molar-refractivity contribution is -0.121. The number of halogens is 1. The number of sulfonamides is 2. The Balaban J connectivity index is 1.99. The summed E-state index contributed by atoms with van der Waals surface area (Å²) in [5, 5.41) is 3.19. The highest BCUT2D eigenvalue weighted by molar-refractivity contribution is 7.89. The molecular weight excluding hydrogens is 450 g/mol. The summed E-state index contributed by atoms with van der Waals surface area (Å²) in [6, 6.07) is 12.8. The first-order valence-corrected chi connectivity index (χ1v) is 12.5. The van der Waals surface area contributed by atoms with Gasteiger partial charge in [0, 0.05) is 32.2 Å². The van der Waals surface area contributed by atoms with E-state index in [9.17, 15) is 21.6 Å². The molecule has 0 unspecified atom stereocenters. The highest BCUT2D eigenvalue weighted by atomic mass is 35.5. The number of hydrogen-bond donors (Lipinski definition) is 1. The van der Waals surface area contributed by atoms with Crippen LogP contribution in [0.4, 0.5) is 0 Å². The molecule has 0 aliphatic heterocycles. The molecule has 11 heteroatoms. The summed E-state index contributed by atoms with van der Waals surface area (Å²) in [5.74, 6) is -0.473. The van der Waals surface area contributed by atoms with Crippen LogP contribution in [0.1, 0.15) is 11.1 Å². The van der Waals surface area contributed by atoms with Crippen LogP contribution in [0, 0.1) is 0 Å². The van der Waals surface area contributed by atoms with E-state index in [4.69, 9.17) is 11.6 Å². The Kier molecular flexibility index (Phi) is 8.00. The normalized spacial score (nSPS) is 12.3. The van der Waals surface area contributed by atoms with Crippen molar-refractivity contribution in [2.45, 2.75) is 18.0 Å². The zero-order valence-electron chi connectivity index (χ0n) is 16.9. The Bertz CT molecular complexity index is 1080. The molecule has 2 rings (SSSR count). The molecule has 0 bridgehead atoms. The minimum absolute atomic E-state index is 0.0422. The van der Waals surface area contributed by atoms with E-state index in [0.717, 1.165) is 14.9 Å². The second kappa shape index (κ2) is 9.88. The van der Waals surface area contributed by atoms with Gasteiger partial charge >= 0.3 is 0 Å². The quantitative estimate of drug-likeness (QED) is 0.596. The molecule has 1 amide bonds. The van der Waals surface area contributed by atoms with Gasteiger partial charge in [0.25, 0.3) is 0 Å². The summed E-state index contributed by atoms with van der Waals surface area (Å²) in [7, 11) is -4.25. The number of rotatable bonds is 9. The summed E-state index contributed by atoms with van der Waals surface area (Å²) in [5.41, 5.74) is 1.39. The standard InChI is InChI=1S/C19H24ClN3O5S2/c1-22(2)30(27,28)18-10-6-15(7-11-18)12-21-19(24)14-23(29(3,25)26)13-16-4-8-17(20)9-5-16/h4-11H,12-14H2,1-3H3,(H,21,24). The Morgan fingerprint density at radius 1 is 0.933 bits per heavy atom. The van der Waals surface area contributed by atoms with Crippen LogP contribution >= 0.6 is 11.6 Å². The van der Waals surface area contributed by atoms with Crippen molar-refractivity contribution in [1.82, 2.24) is 13.9 Å². The SMILES string of the molecule is CN(C)S(=O)(=O)c1ccc(CNC(=O)CN(Cc2ccc(Cl)cc2)S(C)(=O)=O)cc1. The van der Waals surface area contributed by atoms with E-state index in [0.29, 0.717) is 16.1 Å². The third-order valence-electron chi connectivity index (χ3n) is 4.25. The van der Waals surface area contributed by atoms with Crippen molar-refractivity contribution in [1.29, 1.82) is 0 Å². The van der Waals surface area contributed by atoms with Gasteiger partial charge in [0.1, 0.15) is 0 Å². The average molecular weight is 474 g/mol. The molecule has 0 aliphatic carbocycles. The van der Waals surface area contributed by atoms with E-state index in [2.05, 4.69) is 5.32 Å². The second-order valence-corrected chi connectivity index (χ2v) is 11.4. The fourth-order valence-electron chi connectivity index (χ4n) is 2.49. The van der Waals surface area contributed by atoms with Crippen LogP contribution in [0.25, 0.3) is 0 Å². The van der Waals surface area contributed by atoms with E-state index in [1.54, 1.807) is 36.4 Å². The van der Waals surface area contributed by atoms with E-state index in [1.807, 2.05) is 0 Å². The molecule has 0 atom stereocenters. The Morgan fingerprint density at radius 2 is 1.47 bits per heavy atom. The van der Waals surface area contributed by atoms with Gasteiger partial charge in [-0.3, -0.25) is 4.79 Å². The minimum atomic E-state index is -3.61. The predicted octanol–water partition coefficient (Wildman–Crippen LogP) is 1.67. The third kappa shape index (κ3) is 6.78. The molecule has 30 heavy (non-hydrogen) atoms. The molecule has 1 N–H and O–H groups in total. The average Bonchev–Trinajstić information content (AvgIpc) is 2.67. The van der Waals surface area contributed by atoms with Crippen molar-refractivity contribution in [3.05, 3.63) is 64.7 Å². The van der Waals surface area contributed by atoms with Crippen LogP contribution in [0.2, 0.25) is 5.02 Å². The van der Waals surface area contributed by atoms with E-state index in [1.165, 1.54) is 26.2 Å². The fraction of sp³-hybridized carbons (Fsp3) is 0.316. The van der Waals surface area contributed by atoms with Crippen LogP contribution < -0.4 is 5.32 Å². The van der Waals surface area contributed by atoms with Gasteiger partial charge in [-0.25, -0.2) is 21.1 Å². The van der Waals surface area contributed by atoms with Crippen LogP contribution in [0.3, 0.4) is 0 Å². The van der Waals surface area contributed by atoms with Gasteiger partial charge in [-0.1, -0.05) is 35.9 Å². The summed E-state index contributed by atoms with van der Waals surface area (Å²) in [6.07, 6.45) is 1.04. The van der Waals surface area contributed by atoms with Crippen LogP contribution in [-0.4, -0.2) is 58.2 Å². The molecule has 2 aromatic rings. The summed E-state index contributed by atoms with van der Waals surface area (Å²) in [6.45, 7) is -0.158. The Morgan fingerprint density at radius 3 is 1.97 bits per heavy atom. The lowest BCUT2D eigenvalue weighted by Crippen LogP contribution is -2.39. The first-order chi connectivity index (χ1) is 13.9. The topological polar surface area (TPSA) is 104 Å². The van der Waals surface area contributed by atoms with Crippen molar-refractivity contribution in [2.75, 3.05) is 26.9 Å². The van der Waals surface area contributed by atoms with Gasteiger partial charge < -0.3 is 5.32 Å². The maximum Gasteiger partial charge on any atom is 0.242 e. The van der Waals surface area contributed by atoms with Gasteiger partial charge in [0.15, 0.2) is 0 Å².